The van der Waals surface area contributed by atoms with E-state index in [0.717, 1.165) is 47.5 Å². The highest BCUT2D eigenvalue weighted by atomic mass is 19.1. The van der Waals surface area contributed by atoms with Gasteiger partial charge in [-0.15, -0.1) is 0 Å². The van der Waals surface area contributed by atoms with E-state index in [0.29, 0.717) is 0 Å². The van der Waals surface area contributed by atoms with Crippen LogP contribution in [-0.2, 0) is 19.4 Å². The lowest BCUT2D eigenvalue weighted by Crippen LogP contribution is -2.05. The molecule has 0 unspecified atom stereocenters. The highest BCUT2D eigenvalue weighted by Crippen LogP contribution is 2.20. The van der Waals surface area contributed by atoms with Crippen LogP contribution < -0.4 is 5.73 Å². The number of hydrogen-bond acceptors (Lipinski definition) is 2. The van der Waals surface area contributed by atoms with Gasteiger partial charge in [-0.25, -0.2) is 9.37 Å². The number of nitrogens with two attached hydrogens (primary N) is 1. The van der Waals surface area contributed by atoms with Crippen molar-refractivity contribution < 1.29 is 4.39 Å². The number of nitrogens with zero attached hydrogens (tertiary/aromatic N) is 2. The number of fused-ring (bicyclic) bond motifs is 1. The highest BCUT2D eigenvalue weighted by Gasteiger charge is 2.09. The van der Waals surface area contributed by atoms with E-state index < -0.39 is 0 Å². The van der Waals surface area contributed by atoms with Gasteiger partial charge in [0.1, 0.15) is 11.6 Å². The third-order valence-electron chi connectivity index (χ3n) is 3.68. The van der Waals surface area contributed by atoms with E-state index in [1.54, 1.807) is 12.1 Å². The van der Waals surface area contributed by atoms with E-state index >= 15 is 0 Å². The van der Waals surface area contributed by atoms with Crippen molar-refractivity contribution in [3.63, 3.8) is 0 Å². The van der Waals surface area contributed by atoms with Crippen molar-refractivity contribution in [3.8, 4) is 0 Å². The molecule has 2 N–H and O–H groups in total. The van der Waals surface area contributed by atoms with Gasteiger partial charge in [0.25, 0.3) is 0 Å². The minimum Gasteiger partial charge on any atom is -0.399 e. The zero-order chi connectivity index (χ0) is 14.8. The van der Waals surface area contributed by atoms with Gasteiger partial charge in [0.2, 0.25) is 0 Å². The van der Waals surface area contributed by atoms with Crippen LogP contribution in [0.15, 0.2) is 42.5 Å². The lowest BCUT2D eigenvalue weighted by molar-refractivity contribution is 0.620. The summed E-state index contributed by atoms with van der Waals surface area (Å²) in [6, 6.07) is 12.5. The molecule has 0 spiro atoms. The van der Waals surface area contributed by atoms with Gasteiger partial charge in [0.05, 0.1) is 11.0 Å². The molecule has 0 fully saturated rings. The Morgan fingerprint density at radius 1 is 1.19 bits per heavy atom. The molecule has 0 saturated carbocycles. The van der Waals surface area contributed by atoms with Crippen LogP contribution in [0.3, 0.4) is 0 Å². The molecule has 21 heavy (non-hydrogen) atoms. The van der Waals surface area contributed by atoms with Gasteiger partial charge in [-0.1, -0.05) is 19.1 Å². The third kappa shape index (κ3) is 2.75. The molecule has 0 amide bonds. The Morgan fingerprint density at radius 3 is 2.81 bits per heavy atom. The summed E-state index contributed by atoms with van der Waals surface area (Å²) < 4.78 is 15.4. The average molecular weight is 283 g/mol. The maximum Gasteiger partial charge on any atom is 0.123 e. The van der Waals surface area contributed by atoms with Crippen molar-refractivity contribution in [2.24, 2.45) is 0 Å². The molecule has 0 bridgehead atoms. The number of aryl methyl sites for hydroxylation is 3. The second kappa shape index (κ2) is 5.56. The maximum absolute atomic E-state index is 13.2. The van der Waals surface area contributed by atoms with Crippen LogP contribution in [0, 0.1) is 5.82 Å². The first-order valence-electron chi connectivity index (χ1n) is 7.16. The molecule has 2 aromatic carbocycles. The molecule has 4 heteroatoms. The predicted molar refractivity (Wildman–Crippen MR) is 83.6 cm³/mol. The van der Waals surface area contributed by atoms with Crippen LogP contribution in [0.2, 0.25) is 0 Å². The molecular weight excluding hydrogens is 265 g/mol. The predicted octanol–water partition coefficient (Wildman–Crippen LogP) is 3.56. The zero-order valence-corrected chi connectivity index (χ0v) is 12.0. The monoisotopic (exact) mass is 283 g/mol. The molecule has 0 radical (unpaired) electrons. The first-order chi connectivity index (χ1) is 10.2. The summed E-state index contributed by atoms with van der Waals surface area (Å²) in [5, 5.41) is 0. The molecule has 1 heterocycles. The quantitative estimate of drug-likeness (QED) is 0.744. The van der Waals surface area contributed by atoms with E-state index in [2.05, 4.69) is 16.5 Å². The lowest BCUT2D eigenvalue weighted by Gasteiger charge is -2.08. The number of halogens is 1. The number of benzene rings is 2. The van der Waals surface area contributed by atoms with Crippen LogP contribution in [-0.4, -0.2) is 9.55 Å². The third-order valence-corrected chi connectivity index (χ3v) is 3.68. The Hall–Kier alpha value is -2.36. The minimum atomic E-state index is -0.188. The first kappa shape index (κ1) is 13.6. The molecule has 1 aromatic heterocycles. The van der Waals surface area contributed by atoms with Crippen LogP contribution in [0.1, 0.15) is 18.3 Å². The summed E-state index contributed by atoms with van der Waals surface area (Å²) in [6.07, 6.45) is 1.64. The Labute approximate surface area is 123 Å². The molecule has 0 aliphatic carbocycles. The van der Waals surface area contributed by atoms with Crippen molar-refractivity contribution in [3.05, 3.63) is 59.7 Å². The Balaban J connectivity index is 1.92. The summed E-state index contributed by atoms with van der Waals surface area (Å²) in [7, 11) is 0. The van der Waals surface area contributed by atoms with Crippen molar-refractivity contribution in [1.29, 1.82) is 0 Å². The fourth-order valence-corrected chi connectivity index (χ4v) is 2.65. The van der Waals surface area contributed by atoms with Crippen molar-refractivity contribution in [2.75, 3.05) is 5.73 Å². The van der Waals surface area contributed by atoms with Crippen molar-refractivity contribution >= 4 is 16.7 Å². The number of anilines is 1. The average Bonchev–Trinajstić information content (AvgIpc) is 2.82. The molecular formula is C17H18FN3. The van der Waals surface area contributed by atoms with Crippen LogP contribution in [0.25, 0.3) is 11.0 Å². The number of rotatable bonds is 4. The van der Waals surface area contributed by atoms with Gasteiger partial charge in [-0.05, 0) is 42.3 Å². The topological polar surface area (TPSA) is 43.8 Å². The maximum atomic E-state index is 13.2. The van der Waals surface area contributed by atoms with Crippen molar-refractivity contribution in [2.45, 2.75) is 26.3 Å². The summed E-state index contributed by atoms with van der Waals surface area (Å²) >= 11 is 0. The molecule has 0 aliphatic rings. The SMILES string of the molecule is CCc1nc2cc(N)ccc2n1CCc1cccc(F)c1. The molecule has 0 aliphatic heterocycles. The number of imidazole rings is 1. The van der Waals surface area contributed by atoms with Gasteiger partial charge in [0.15, 0.2) is 0 Å². The van der Waals surface area contributed by atoms with E-state index in [-0.39, 0.29) is 5.82 Å². The Morgan fingerprint density at radius 2 is 2.05 bits per heavy atom. The molecule has 108 valence electrons. The molecule has 3 nitrogen and oxygen atoms in total. The first-order valence-corrected chi connectivity index (χ1v) is 7.16. The van der Waals surface area contributed by atoms with Gasteiger partial charge >= 0.3 is 0 Å². The van der Waals surface area contributed by atoms with E-state index in [9.17, 15) is 4.39 Å². The molecule has 0 saturated heterocycles. The smallest absolute Gasteiger partial charge is 0.123 e. The Bertz CT molecular complexity index is 777. The van der Waals surface area contributed by atoms with Gasteiger partial charge in [-0.2, -0.15) is 0 Å². The Kier molecular flexibility index (Phi) is 3.60. The lowest BCUT2D eigenvalue weighted by atomic mass is 10.1. The second-order valence-electron chi connectivity index (χ2n) is 5.16. The van der Waals surface area contributed by atoms with E-state index in [4.69, 9.17) is 5.73 Å². The van der Waals surface area contributed by atoms with Gasteiger partial charge in [-0.3, -0.25) is 0 Å². The summed E-state index contributed by atoms with van der Waals surface area (Å²) in [5.41, 5.74) is 9.54. The fraction of sp³-hybridized carbons (Fsp3) is 0.235. The number of hydrogen-bond donors (Lipinski definition) is 1. The number of nitrogen functional groups attached to an aromatic ring is 1. The van der Waals surface area contributed by atoms with Gasteiger partial charge < -0.3 is 10.3 Å². The summed E-state index contributed by atoms with van der Waals surface area (Å²) in [6.45, 7) is 2.87. The van der Waals surface area contributed by atoms with Crippen LogP contribution >= 0.6 is 0 Å². The van der Waals surface area contributed by atoms with E-state index in [1.807, 2.05) is 24.3 Å². The van der Waals surface area contributed by atoms with Crippen LogP contribution in [0.5, 0.6) is 0 Å². The zero-order valence-electron chi connectivity index (χ0n) is 12.0. The second-order valence-corrected chi connectivity index (χ2v) is 5.16. The minimum absolute atomic E-state index is 0.188. The van der Waals surface area contributed by atoms with E-state index in [1.165, 1.54) is 6.07 Å². The fourth-order valence-electron chi connectivity index (χ4n) is 2.65. The largest absolute Gasteiger partial charge is 0.399 e. The number of aromatic nitrogens is 2. The summed E-state index contributed by atoms with van der Waals surface area (Å²) in [5.74, 6) is 0.846. The highest BCUT2D eigenvalue weighted by molar-refractivity contribution is 5.79. The molecule has 3 aromatic rings. The standard InChI is InChI=1S/C17H18FN3/c1-2-17-20-15-11-14(19)6-7-16(15)21(17)9-8-12-4-3-5-13(18)10-12/h3-7,10-11H,2,8-9,19H2,1H3. The molecule has 0 atom stereocenters. The summed E-state index contributed by atoms with van der Waals surface area (Å²) in [4.78, 5) is 4.63. The van der Waals surface area contributed by atoms with Crippen molar-refractivity contribution in [1.82, 2.24) is 9.55 Å². The normalized spacial score (nSPS) is 11.1. The molecule has 3 rings (SSSR count). The van der Waals surface area contributed by atoms with Crippen LogP contribution in [0.4, 0.5) is 10.1 Å². The van der Waals surface area contributed by atoms with Gasteiger partial charge in [0, 0.05) is 18.7 Å².